The molecule has 0 aliphatic carbocycles. The first-order valence-corrected chi connectivity index (χ1v) is 12.0. The van der Waals surface area contributed by atoms with Gasteiger partial charge in [0.2, 0.25) is 5.95 Å². The number of fused-ring (bicyclic) bond motifs is 1. The van der Waals surface area contributed by atoms with Crippen molar-refractivity contribution in [1.82, 2.24) is 25.5 Å². The van der Waals surface area contributed by atoms with Gasteiger partial charge in [-0.1, -0.05) is 36.4 Å². The summed E-state index contributed by atoms with van der Waals surface area (Å²) in [5, 5.41) is 25.7. The van der Waals surface area contributed by atoms with Crippen molar-refractivity contribution in [3.05, 3.63) is 77.3 Å². The summed E-state index contributed by atoms with van der Waals surface area (Å²) in [5.74, 6) is -2.03. The smallest absolute Gasteiger partial charge is 0.412 e. The van der Waals surface area contributed by atoms with Crippen LogP contribution < -0.4 is 16.0 Å². The SMILES string of the molecule is CC1(C)Cc2ccc(Nc3ncc(-c4nnc(C(F)(F)F)o4)c(N[C@H](CO)c4ccccc4)n3)cc2C(=O)N1. The molecule has 0 unspecified atom stereocenters. The zero-order chi connectivity index (χ0) is 27.8. The van der Waals surface area contributed by atoms with Gasteiger partial charge in [0, 0.05) is 23.0 Å². The molecule has 3 heterocycles. The van der Waals surface area contributed by atoms with Crippen LogP contribution in [0.5, 0.6) is 0 Å². The van der Waals surface area contributed by atoms with E-state index in [1.807, 2.05) is 26.0 Å². The Morgan fingerprint density at radius 2 is 1.90 bits per heavy atom. The highest BCUT2D eigenvalue weighted by Crippen LogP contribution is 2.34. The number of carbonyl (C=O) groups is 1. The number of aromatic nitrogens is 4. The fourth-order valence-electron chi connectivity index (χ4n) is 4.28. The Morgan fingerprint density at radius 1 is 1.13 bits per heavy atom. The zero-order valence-electron chi connectivity index (χ0n) is 20.9. The molecule has 1 atom stereocenters. The van der Waals surface area contributed by atoms with E-state index in [2.05, 4.69) is 36.1 Å². The van der Waals surface area contributed by atoms with E-state index in [1.165, 1.54) is 6.20 Å². The van der Waals surface area contributed by atoms with Crippen LogP contribution in [0.4, 0.5) is 30.6 Å². The molecule has 4 aromatic rings. The molecule has 1 amide bonds. The quantitative estimate of drug-likeness (QED) is 0.267. The van der Waals surface area contributed by atoms with Gasteiger partial charge in [-0.25, -0.2) is 4.98 Å². The minimum atomic E-state index is -4.83. The Kier molecular flexibility index (Phi) is 6.68. The maximum Gasteiger partial charge on any atom is 0.470 e. The third-order valence-corrected chi connectivity index (χ3v) is 6.08. The highest BCUT2D eigenvalue weighted by molar-refractivity contribution is 5.98. The van der Waals surface area contributed by atoms with Gasteiger partial charge in [0.25, 0.3) is 11.8 Å². The van der Waals surface area contributed by atoms with Crippen LogP contribution in [-0.4, -0.2) is 43.3 Å². The summed E-state index contributed by atoms with van der Waals surface area (Å²) in [6, 6.07) is 13.6. The average molecular weight is 540 g/mol. The van der Waals surface area contributed by atoms with E-state index in [0.29, 0.717) is 23.2 Å². The summed E-state index contributed by atoms with van der Waals surface area (Å²) in [7, 11) is 0. The van der Waals surface area contributed by atoms with Crippen LogP contribution in [0.15, 0.2) is 59.1 Å². The Bertz CT molecular complexity index is 1510. The summed E-state index contributed by atoms with van der Waals surface area (Å²) >= 11 is 0. The first-order chi connectivity index (χ1) is 18.5. The minimum Gasteiger partial charge on any atom is -0.412 e. The van der Waals surface area contributed by atoms with Crippen LogP contribution in [0.25, 0.3) is 11.5 Å². The minimum absolute atomic E-state index is 0.00461. The highest BCUT2D eigenvalue weighted by atomic mass is 19.4. The van der Waals surface area contributed by atoms with Gasteiger partial charge < -0.3 is 25.5 Å². The second-order valence-corrected chi connectivity index (χ2v) is 9.67. The number of anilines is 3. The topological polar surface area (TPSA) is 138 Å². The number of hydrogen-bond acceptors (Lipinski definition) is 9. The molecule has 1 aliphatic heterocycles. The third kappa shape index (κ3) is 5.67. The molecule has 0 radical (unpaired) electrons. The van der Waals surface area contributed by atoms with Gasteiger partial charge in [0.1, 0.15) is 5.82 Å². The van der Waals surface area contributed by atoms with E-state index in [-0.39, 0.29) is 35.4 Å². The van der Waals surface area contributed by atoms with Crippen molar-refractivity contribution >= 4 is 23.4 Å². The molecule has 5 rings (SSSR count). The highest BCUT2D eigenvalue weighted by Gasteiger charge is 2.38. The predicted molar refractivity (Wildman–Crippen MR) is 135 cm³/mol. The lowest BCUT2D eigenvalue weighted by molar-refractivity contribution is -0.156. The Labute approximate surface area is 220 Å². The van der Waals surface area contributed by atoms with Gasteiger partial charge in [0.15, 0.2) is 0 Å². The Hall–Kier alpha value is -4.52. The first-order valence-electron chi connectivity index (χ1n) is 12.0. The first kappa shape index (κ1) is 26.1. The number of hydrogen-bond donors (Lipinski definition) is 4. The van der Waals surface area contributed by atoms with E-state index < -0.39 is 24.0 Å². The second-order valence-electron chi connectivity index (χ2n) is 9.67. The number of benzene rings is 2. The zero-order valence-corrected chi connectivity index (χ0v) is 20.9. The summed E-state index contributed by atoms with van der Waals surface area (Å²) in [6.45, 7) is 3.55. The van der Waals surface area contributed by atoms with Gasteiger partial charge in [-0.15, -0.1) is 10.2 Å². The van der Waals surface area contributed by atoms with Crippen LogP contribution in [0, 0.1) is 0 Å². The van der Waals surface area contributed by atoms with Crippen LogP contribution in [0.2, 0.25) is 0 Å². The average Bonchev–Trinajstić information content (AvgIpc) is 3.39. The van der Waals surface area contributed by atoms with E-state index in [4.69, 9.17) is 4.42 Å². The van der Waals surface area contributed by atoms with E-state index >= 15 is 0 Å². The molecule has 13 heteroatoms. The van der Waals surface area contributed by atoms with Crippen molar-refractivity contribution in [3.8, 4) is 11.5 Å². The molecule has 10 nitrogen and oxygen atoms in total. The standard InChI is InChI=1S/C26H24F3N7O3/c1-25(2)11-15-8-9-16(10-17(15)21(38)34-25)31-24-30-12-18(22-35-36-23(39-22)26(27,28)29)20(33-24)32-19(13-37)14-6-4-3-5-7-14/h3-10,12,19,37H,11,13H2,1-2H3,(H,34,38)(H2,30,31,32,33)/t19-/m1/s1. The van der Waals surface area contributed by atoms with Gasteiger partial charge in [0.05, 0.1) is 18.2 Å². The number of carbonyl (C=O) groups excluding carboxylic acids is 1. The number of amides is 1. The van der Waals surface area contributed by atoms with Crippen molar-refractivity contribution in [2.24, 2.45) is 0 Å². The number of halogens is 3. The molecule has 0 bridgehead atoms. The fraction of sp³-hybridized carbons (Fsp3) is 0.269. The number of aliphatic hydroxyl groups is 1. The molecular formula is C26H24F3N7O3. The molecule has 0 saturated carbocycles. The molecule has 39 heavy (non-hydrogen) atoms. The van der Waals surface area contributed by atoms with Gasteiger partial charge in [-0.2, -0.15) is 18.2 Å². The summed E-state index contributed by atoms with van der Waals surface area (Å²) < 4.78 is 44.1. The Balaban J connectivity index is 1.49. The molecule has 202 valence electrons. The lowest BCUT2D eigenvalue weighted by Crippen LogP contribution is -2.49. The molecule has 2 aromatic carbocycles. The number of alkyl halides is 3. The van der Waals surface area contributed by atoms with E-state index in [9.17, 15) is 23.1 Å². The maximum atomic E-state index is 13.1. The molecule has 4 N–H and O–H groups in total. The molecule has 0 fully saturated rings. The largest absolute Gasteiger partial charge is 0.470 e. The molecule has 1 aliphatic rings. The molecule has 2 aromatic heterocycles. The van der Waals surface area contributed by atoms with E-state index in [0.717, 1.165) is 5.56 Å². The predicted octanol–water partition coefficient (Wildman–Crippen LogP) is 4.50. The van der Waals surface area contributed by atoms with Crippen molar-refractivity contribution in [2.75, 3.05) is 17.2 Å². The summed E-state index contributed by atoms with van der Waals surface area (Å²) in [5.41, 5.74) is 2.31. The number of rotatable bonds is 7. The monoisotopic (exact) mass is 539 g/mol. The third-order valence-electron chi connectivity index (χ3n) is 6.08. The molecule has 0 saturated heterocycles. The fourth-order valence-corrected chi connectivity index (χ4v) is 4.28. The van der Waals surface area contributed by atoms with Crippen LogP contribution >= 0.6 is 0 Å². The van der Waals surface area contributed by atoms with Gasteiger partial charge in [-0.3, -0.25) is 4.79 Å². The van der Waals surface area contributed by atoms with Crippen molar-refractivity contribution in [1.29, 1.82) is 0 Å². The second kappa shape index (κ2) is 9.98. The molecule has 0 spiro atoms. The Morgan fingerprint density at radius 3 is 2.59 bits per heavy atom. The van der Waals surface area contributed by atoms with Crippen LogP contribution in [0.3, 0.4) is 0 Å². The van der Waals surface area contributed by atoms with E-state index in [1.54, 1.807) is 36.4 Å². The lowest BCUT2D eigenvalue weighted by atomic mass is 9.87. The number of aliphatic hydroxyl groups excluding tert-OH is 1. The van der Waals surface area contributed by atoms with Crippen LogP contribution in [-0.2, 0) is 12.6 Å². The van der Waals surface area contributed by atoms with Gasteiger partial charge >= 0.3 is 12.1 Å². The molecular weight excluding hydrogens is 515 g/mol. The number of nitrogens with zero attached hydrogens (tertiary/aromatic N) is 4. The number of nitrogens with one attached hydrogen (secondary N) is 3. The van der Waals surface area contributed by atoms with Crippen molar-refractivity contribution in [2.45, 2.75) is 38.0 Å². The summed E-state index contributed by atoms with van der Waals surface area (Å²) in [4.78, 5) is 21.3. The lowest BCUT2D eigenvalue weighted by Gasteiger charge is -2.32. The van der Waals surface area contributed by atoms with Crippen molar-refractivity contribution in [3.63, 3.8) is 0 Å². The van der Waals surface area contributed by atoms with Crippen molar-refractivity contribution < 1.29 is 27.5 Å². The van der Waals surface area contributed by atoms with Gasteiger partial charge in [-0.05, 0) is 43.5 Å². The normalized spacial score (nSPS) is 15.3. The maximum absolute atomic E-state index is 13.1. The van der Waals surface area contributed by atoms with Crippen LogP contribution in [0.1, 0.15) is 47.3 Å². The summed E-state index contributed by atoms with van der Waals surface area (Å²) in [6.07, 6.45) is -2.93.